The highest BCUT2D eigenvalue weighted by Crippen LogP contribution is 2.50. The minimum absolute atomic E-state index is 0.0380. The van der Waals surface area contributed by atoms with Gasteiger partial charge in [-0.2, -0.15) is 0 Å². The Labute approximate surface area is 214 Å². The van der Waals surface area contributed by atoms with Gasteiger partial charge in [-0.25, -0.2) is 0 Å². The average molecular weight is 521 g/mol. The van der Waals surface area contributed by atoms with Crippen molar-refractivity contribution >= 4 is 28.6 Å². The largest absolute Gasteiger partial charge is 0.573 e. The Hall–Kier alpha value is -2.68. The molecule has 194 valence electrons. The number of nitrogens with zero attached hydrogens (tertiary/aromatic N) is 2. The van der Waals surface area contributed by atoms with Gasteiger partial charge < -0.3 is 9.64 Å². The fourth-order valence-corrected chi connectivity index (χ4v) is 5.73. The molecule has 2 amide bonds. The molecule has 0 aromatic heterocycles. The van der Waals surface area contributed by atoms with Gasteiger partial charge in [-0.3, -0.25) is 14.5 Å². The fraction of sp³-hybridized carbons (Fsp3) is 0.481. The Morgan fingerprint density at radius 3 is 2.11 bits per heavy atom. The number of anilines is 1. The van der Waals surface area contributed by atoms with Crippen molar-refractivity contribution in [3.63, 3.8) is 0 Å². The highest BCUT2D eigenvalue weighted by molar-refractivity contribution is 8.14. The maximum Gasteiger partial charge on any atom is 0.573 e. The smallest absolute Gasteiger partial charge is 0.405 e. The molecule has 1 heterocycles. The number of amides is 2. The summed E-state index contributed by atoms with van der Waals surface area (Å²) in [5.74, 6) is -0.680. The molecule has 2 aromatic rings. The lowest BCUT2D eigenvalue weighted by Crippen LogP contribution is -2.34. The number of hydrogen-bond donors (Lipinski definition) is 0. The van der Waals surface area contributed by atoms with E-state index in [1.165, 1.54) is 11.6 Å². The minimum Gasteiger partial charge on any atom is -0.405 e. The number of ether oxygens (including phenoxy) is 1. The molecule has 0 radical (unpaired) electrons. The number of carbonyl (C=O) groups is 2. The molecule has 4 rings (SSSR count). The molecule has 0 atom stereocenters. The van der Waals surface area contributed by atoms with Crippen molar-refractivity contribution in [1.82, 2.24) is 4.90 Å². The quantitative estimate of drug-likeness (QED) is 0.431. The zero-order valence-corrected chi connectivity index (χ0v) is 22.2. The summed E-state index contributed by atoms with van der Waals surface area (Å²) < 4.78 is 45.0. The summed E-state index contributed by atoms with van der Waals surface area (Å²) >= 11 is 0.885. The molecular formula is C27H31F3N2O3S. The third-order valence-electron chi connectivity index (χ3n) is 7.19. The number of hydrogen-bond acceptors (Lipinski definition) is 5. The normalized spacial score (nSPS) is 18.9. The SMILES string of the molecule is CN(C)c1cc2c(cc1-c1ccc(CN3C(=O)CSC3=O)cc1OC(F)(F)F)C(C)(C)CCC2(C)C. The van der Waals surface area contributed by atoms with Crippen LogP contribution in [0.2, 0.25) is 0 Å². The van der Waals surface area contributed by atoms with E-state index >= 15 is 0 Å². The van der Waals surface area contributed by atoms with Crippen LogP contribution >= 0.6 is 11.8 Å². The van der Waals surface area contributed by atoms with Gasteiger partial charge >= 0.3 is 6.36 Å². The van der Waals surface area contributed by atoms with Crippen molar-refractivity contribution in [1.29, 1.82) is 0 Å². The molecule has 2 aliphatic rings. The van der Waals surface area contributed by atoms with Crippen LogP contribution in [0.15, 0.2) is 30.3 Å². The molecule has 0 unspecified atom stereocenters. The van der Waals surface area contributed by atoms with Gasteiger partial charge in [-0.05, 0) is 58.6 Å². The second-order valence-corrected chi connectivity index (χ2v) is 11.9. The number of imide groups is 1. The first-order valence-corrected chi connectivity index (χ1v) is 12.8. The van der Waals surface area contributed by atoms with Gasteiger partial charge in [0.15, 0.2) is 0 Å². The molecule has 5 nitrogen and oxygen atoms in total. The van der Waals surface area contributed by atoms with Crippen molar-refractivity contribution in [2.75, 3.05) is 24.7 Å². The number of halogens is 3. The number of benzene rings is 2. The molecule has 36 heavy (non-hydrogen) atoms. The van der Waals surface area contributed by atoms with E-state index in [0.717, 1.165) is 40.8 Å². The fourth-order valence-electron chi connectivity index (χ4n) is 5.00. The minimum atomic E-state index is -4.91. The Morgan fingerprint density at radius 2 is 1.58 bits per heavy atom. The van der Waals surface area contributed by atoms with E-state index in [1.54, 1.807) is 12.1 Å². The van der Waals surface area contributed by atoms with Crippen LogP contribution in [0.1, 0.15) is 57.2 Å². The summed E-state index contributed by atoms with van der Waals surface area (Å²) in [6.07, 6.45) is -2.92. The third kappa shape index (κ3) is 5.08. The molecule has 1 fully saturated rings. The van der Waals surface area contributed by atoms with E-state index in [0.29, 0.717) is 16.7 Å². The van der Waals surface area contributed by atoms with Gasteiger partial charge in [-0.15, -0.1) is 13.2 Å². The standard InChI is InChI=1S/C27H31F3N2O3S/c1-25(2)9-10-26(3,4)20-13-21(31(5)6)18(12-19(20)25)17-8-7-16(11-22(17)35-27(28,29)30)14-32-23(33)15-36-24(32)34/h7-8,11-13H,9-10,14-15H2,1-6H3. The molecule has 2 aromatic carbocycles. The topological polar surface area (TPSA) is 49.9 Å². The highest BCUT2D eigenvalue weighted by Gasteiger charge is 2.39. The van der Waals surface area contributed by atoms with E-state index < -0.39 is 11.6 Å². The first-order chi connectivity index (χ1) is 16.6. The van der Waals surface area contributed by atoms with Crippen LogP contribution in [0.3, 0.4) is 0 Å². The third-order valence-corrected chi connectivity index (χ3v) is 8.05. The molecule has 1 saturated heterocycles. The first kappa shape index (κ1) is 26.4. The second kappa shape index (κ2) is 9.01. The molecule has 0 N–H and O–H groups in total. The van der Waals surface area contributed by atoms with Gasteiger partial charge in [0, 0.05) is 30.9 Å². The van der Waals surface area contributed by atoms with Gasteiger partial charge in [-0.1, -0.05) is 51.6 Å². The molecule has 0 spiro atoms. The van der Waals surface area contributed by atoms with Crippen LogP contribution in [0.5, 0.6) is 5.75 Å². The van der Waals surface area contributed by atoms with E-state index in [4.69, 9.17) is 0 Å². The van der Waals surface area contributed by atoms with Crippen molar-refractivity contribution in [2.45, 2.75) is 64.3 Å². The highest BCUT2D eigenvalue weighted by atomic mass is 32.2. The average Bonchev–Trinajstić information content (AvgIpc) is 3.07. The van der Waals surface area contributed by atoms with Gasteiger partial charge in [0.05, 0.1) is 12.3 Å². The van der Waals surface area contributed by atoms with E-state index in [1.807, 2.05) is 25.1 Å². The maximum absolute atomic E-state index is 13.5. The van der Waals surface area contributed by atoms with E-state index in [9.17, 15) is 22.8 Å². The molecule has 0 saturated carbocycles. The summed E-state index contributed by atoms with van der Waals surface area (Å²) in [5.41, 5.74) is 4.24. The van der Waals surface area contributed by atoms with Gasteiger partial charge in [0.1, 0.15) is 5.75 Å². The van der Waals surface area contributed by atoms with Crippen molar-refractivity contribution in [3.8, 4) is 16.9 Å². The van der Waals surface area contributed by atoms with Crippen LogP contribution in [0.4, 0.5) is 23.7 Å². The summed E-state index contributed by atoms with van der Waals surface area (Å²) in [5, 5.41) is -0.406. The van der Waals surface area contributed by atoms with Gasteiger partial charge in [0.2, 0.25) is 5.91 Å². The summed E-state index contributed by atoms with van der Waals surface area (Å²) in [4.78, 5) is 27.0. The molecule has 9 heteroatoms. The predicted octanol–water partition coefficient (Wildman–Crippen LogP) is 6.86. The van der Waals surface area contributed by atoms with Crippen molar-refractivity contribution in [2.24, 2.45) is 0 Å². The predicted molar refractivity (Wildman–Crippen MR) is 137 cm³/mol. The summed E-state index contributed by atoms with van der Waals surface area (Å²) in [7, 11) is 3.74. The van der Waals surface area contributed by atoms with Gasteiger partial charge in [0.25, 0.3) is 5.24 Å². The number of alkyl halides is 3. The number of carbonyl (C=O) groups excluding carboxylic acids is 2. The van der Waals surface area contributed by atoms with Crippen LogP contribution in [-0.2, 0) is 22.2 Å². The molecule has 0 bridgehead atoms. The zero-order chi connectivity index (χ0) is 26.6. The molecule has 1 aliphatic heterocycles. The lowest BCUT2D eigenvalue weighted by Gasteiger charge is -2.43. The Balaban J connectivity index is 1.89. The summed E-state index contributed by atoms with van der Waals surface area (Å²) in [6.45, 7) is 8.63. The number of fused-ring (bicyclic) bond motifs is 1. The Morgan fingerprint density at radius 1 is 0.972 bits per heavy atom. The van der Waals surface area contributed by atoms with E-state index in [-0.39, 0.29) is 34.8 Å². The lowest BCUT2D eigenvalue weighted by molar-refractivity contribution is -0.274. The van der Waals surface area contributed by atoms with E-state index in [2.05, 4.69) is 38.5 Å². The Kier molecular flexibility index (Phi) is 6.60. The number of thioether (sulfide) groups is 1. The number of rotatable bonds is 5. The maximum atomic E-state index is 13.5. The van der Waals surface area contributed by atoms with Crippen molar-refractivity contribution in [3.05, 3.63) is 47.0 Å². The van der Waals surface area contributed by atoms with Crippen LogP contribution in [0.25, 0.3) is 11.1 Å². The molecular weight excluding hydrogens is 489 g/mol. The van der Waals surface area contributed by atoms with Crippen molar-refractivity contribution < 1.29 is 27.5 Å². The lowest BCUT2D eigenvalue weighted by atomic mass is 9.62. The second-order valence-electron chi connectivity index (χ2n) is 11.0. The first-order valence-electron chi connectivity index (χ1n) is 11.8. The van der Waals surface area contributed by atoms with Crippen LogP contribution in [0, 0.1) is 0 Å². The monoisotopic (exact) mass is 520 g/mol. The van der Waals surface area contributed by atoms with Crippen LogP contribution < -0.4 is 9.64 Å². The molecule has 1 aliphatic carbocycles. The Bertz CT molecular complexity index is 1210. The summed E-state index contributed by atoms with van der Waals surface area (Å²) in [6, 6.07) is 8.62. The van der Waals surface area contributed by atoms with Crippen LogP contribution in [-0.4, -0.2) is 42.3 Å². The zero-order valence-electron chi connectivity index (χ0n) is 21.4.